The van der Waals surface area contributed by atoms with E-state index in [4.69, 9.17) is 4.74 Å². The Morgan fingerprint density at radius 1 is 1.07 bits per heavy atom. The minimum atomic E-state index is 0.428. The Balaban J connectivity index is 1.26. The number of unbranched alkanes of at least 4 members (excludes halogenated alkanes) is 4. The van der Waals surface area contributed by atoms with Crippen molar-refractivity contribution >= 4 is 6.29 Å². The summed E-state index contributed by atoms with van der Waals surface area (Å²) in [4.78, 5) is 13.5. The van der Waals surface area contributed by atoms with Crippen LogP contribution in [0.4, 0.5) is 0 Å². The molecule has 2 aliphatic rings. The van der Waals surface area contributed by atoms with Crippen LogP contribution in [0.25, 0.3) is 0 Å². The molecule has 2 fully saturated rings. The molecule has 0 N–H and O–H groups in total. The van der Waals surface area contributed by atoms with Gasteiger partial charge in [-0.25, -0.2) is 0 Å². The number of fused-ring (bicyclic) bond motifs is 2. The molecule has 0 saturated heterocycles. The zero-order valence-electron chi connectivity index (χ0n) is 18.9. The van der Waals surface area contributed by atoms with Crippen LogP contribution in [0.3, 0.4) is 0 Å². The molecular formula is C26H41NO2. The highest BCUT2D eigenvalue weighted by atomic mass is 16.5. The maximum Gasteiger partial charge on any atom is 0.150 e. The second kappa shape index (κ2) is 10.6. The first-order valence-electron chi connectivity index (χ1n) is 11.9. The molecule has 162 valence electrons. The second-order valence-corrected chi connectivity index (χ2v) is 10.2. The number of benzene rings is 1. The zero-order chi connectivity index (χ0) is 20.7. The monoisotopic (exact) mass is 399 g/mol. The van der Waals surface area contributed by atoms with E-state index in [9.17, 15) is 4.79 Å². The zero-order valence-corrected chi connectivity index (χ0v) is 18.9. The van der Waals surface area contributed by atoms with Crippen LogP contribution < -0.4 is 4.74 Å². The smallest absolute Gasteiger partial charge is 0.150 e. The molecule has 0 aromatic heterocycles. The molecule has 2 saturated carbocycles. The molecule has 1 aromatic carbocycles. The molecule has 1 aromatic rings. The number of ether oxygens (including phenoxy) is 1. The Hall–Kier alpha value is -1.35. The van der Waals surface area contributed by atoms with Crippen molar-refractivity contribution in [3.63, 3.8) is 0 Å². The number of aldehydes is 1. The summed E-state index contributed by atoms with van der Waals surface area (Å²) in [6.07, 6.45) is 14.3. The van der Waals surface area contributed by atoms with Crippen molar-refractivity contribution in [1.82, 2.24) is 4.90 Å². The van der Waals surface area contributed by atoms with Crippen LogP contribution in [0.2, 0.25) is 0 Å². The van der Waals surface area contributed by atoms with E-state index >= 15 is 0 Å². The van der Waals surface area contributed by atoms with Gasteiger partial charge in [0.25, 0.3) is 0 Å². The summed E-state index contributed by atoms with van der Waals surface area (Å²) >= 11 is 0. The first-order chi connectivity index (χ1) is 14.0. The first-order valence-corrected chi connectivity index (χ1v) is 11.9. The van der Waals surface area contributed by atoms with Crippen LogP contribution >= 0.6 is 0 Å². The first kappa shape index (κ1) is 22.3. The van der Waals surface area contributed by atoms with Crippen molar-refractivity contribution < 1.29 is 9.53 Å². The minimum absolute atomic E-state index is 0.428. The summed E-state index contributed by atoms with van der Waals surface area (Å²) in [6, 6.07) is 7.40. The second-order valence-electron chi connectivity index (χ2n) is 10.2. The lowest BCUT2D eigenvalue weighted by molar-refractivity contribution is 0.00338. The van der Waals surface area contributed by atoms with Crippen LogP contribution in [0.15, 0.2) is 24.3 Å². The third kappa shape index (κ3) is 6.57. The molecular weight excluding hydrogens is 358 g/mol. The number of carbonyl (C=O) groups is 1. The van der Waals surface area contributed by atoms with E-state index in [0.29, 0.717) is 11.1 Å². The van der Waals surface area contributed by atoms with Gasteiger partial charge in [0, 0.05) is 11.1 Å². The van der Waals surface area contributed by atoms with Crippen molar-refractivity contribution in [2.45, 2.75) is 83.6 Å². The van der Waals surface area contributed by atoms with Gasteiger partial charge in [0.15, 0.2) is 0 Å². The van der Waals surface area contributed by atoms with Crippen molar-refractivity contribution in [2.24, 2.45) is 17.8 Å². The number of nitrogens with zero attached hydrogens (tertiary/aromatic N) is 1. The van der Waals surface area contributed by atoms with Crippen LogP contribution in [0.1, 0.15) is 88.4 Å². The molecule has 2 aliphatic carbocycles. The van der Waals surface area contributed by atoms with E-state index in [0.717, 1.165) is 42.8 Å². The molecule has 3 rings (SSSR count). The Kier molecular flexibility index (Phi) is 8.17. The average molecular weight is 400 g/mol. The van der Waals surface area contributed by atoms with E-state index < -0.39 is 0 Å². The Morgan fingerprint density at radius 2 is 1.76 bits per heavy atom. The van der Waals surface area contributed by atoms with E-state index in [1.54, 1.807) is 6.07 Å². The fourth-order valence-electron chi connectivity index (χ4n) is 5.99. The molecule has 29 heavy (non-hydrogen) atoms. The normalized spacial score (nSPS) is 29.0. The van der Waals surface area contributed by atoms with Gasteiger partial charge in [-0.3, -0.25) is 4.79 Å². The fraction of sp³-hybridized carbons (Fsp3) is 0.731. The largest absolute Gasteiger partial charge is 0.494 e. The quantitative estimate of drug-likeness (QED) is 0.320. The number of hydrogen-bond donors (Lipinski definition) is 0. The summed E-state index contributed by atoms with van der Waals surface area (Å²) < 4.78 is 5.76. The van der Waals surface area contributed by atoms with Gasteiger partial charge in [-0.15, -0.1) is 0 Å². The Labute approximate surface area is 178 Å². The van der Waals surface area contributed by atoms with Gasteiger partial charge in [-0.2, -0.15) is 0 Å². The predicted molar refractivity (Wildman–Crippen MR) is 121 cm³/mol. The molecule has 3 heteroatoms. The van der Waals surface area contributed by atoms with Gasteiger partial charge in [-0.1, -0.05) is 38.3 Å². The van der Waals surface area contributed by atoms with E-state index in [1.807, 2.05) is 18.2 Å². The molecule has 2 bridgehead atoms. The van der Waals surface area contributed by atoms with Gasteiger partial charge < -0.3 is 9.64 Å². The molecule has 2 atom stereocenters. The van der Waals surface area contributed by atoms with Crippen molar-refractivity contribution in [1.29, 1.82) is 0 Å². The van der Waals surface area contributed by atoms with E-state index in [2.05, 4.69) is 25.8 Å². The standard InChI is InChI=1S/C26H41NO2/c1-21-14-23-16-24(15-21)19-26(2,18-23)27(3)12-7-5-4-6-8-13-29-25-11-9-10-22(17-25)20-28/h9-11,17,20-21,23-24H,4-8,12-16,18-19H2,1-3H3. The van der Waals surface area contributed by atoms with E-state index in [-0.39, 0.29) is 0 Å². The van der Waals surface area contributed by atoms with Gasteiger partial charge in [0.05, 0.1) is 6.61 Å². The fourth-order valence-corrected chi connectivity index (χ4v) is 5.99. The molecule has 0 aliphatic heterocycles. The van der Waals surface area contributed by atoms with Crippen LogP contribution in [0.5, 0.6) is 5.75 Å². The Bertz CT molecular complexity index is 625. The molecule has 3 nitrogen and oxygen atoms in total. The topological polar surface area (TPSA) is 29.5 Å². The molecule has 0 heterocycles. The molecule has 0 amide bonds. The summed E-state index contributed by atoms with van der Waals surface area (Å²) in [7, 11) is 2.37. The minimum Gasteiger partial charge on any atom is -0.494 e. The maximum absolute atomic E-state index is 10.8. The third-order valence-corrected chi connectivity index (χ3v) is 7.42. The van der Waals surface area contributed by atoms with E-state index in [1.165, 1.54) is 64.3 Å². The highest BCUT2D eigenvalue weighted by Gasteiger charge is 2.42. The maximum atomic E-state index is 10.8. The lowest BCUT2D eigenvalue weighted by Gasteiger charge is -2.51. The average Bonchev–Trinajstić information content (AvgIpc) is 2.68. The molecule has 2 unspecified atom stereocenters. The van der Waals surface area contributed by atoms with Crippen molar-refractivity contribution in [3.8, 4) is 5.75 Å². The van der Waals surface area contributed by atoms with Crippen molar-refractivity contribution in [3.05, 3.63) is 29.8 Å². The van der Waals surface area contributed by atoms with Gasteiger partial charge in [-0.05, 0) is 95.3 Å². The highest BCUT2D eigenvalue weighted by Crippen LogP contribution is 2.48. The summed E-state index contributed by atoms with van der Waals surface area (Å²) in [5.74, 6) is 3.69. The van der Waals surface area contributed by atoms with Gasteiger partial charge in [0.1, 0.15) is 12.0 Å². The van der Waals surface area contributed by atoms with Crippen molar-refractivity contribution in [2.75, 3.05) is 20.2 Å². The number of hydrogen-bond acceptors (Lipinski definition) is 3. The molecule has 0 radical (unpaired) electrons. The summed E-state index contributed by atoms with van der Waals surface area (Å²) in [5.41, 5.74) is 1.11. The van der Waals surface area contributed by atoms with Gasteiger partial charge in [0.2, 0.25) is 0 Å². The summed E-state index contributed by atoms with van der Waals surface area (Å²) in [5, 5.41) is 0. The van der Waals surface area contributed by atoms with Crippen LogP contribution in [-0.2, 0) is 0 Å². The lowest BCUT2D eigenvalue weighted by atomic mass is 9.62. The lowest BCUT2D eigenvalue weighted by Crippen LogP contribution is -2.51. The predicted octanol–water partition coefficient (Wildman–Crippen LogP) is 6.37. The SMILES string of the molecule is CC1CC2CC(C1)CC(C)(N(C)CCCCCCCOc1cccc(C=O)c1)C2. The summed E-state index contributed by atoms with van der Waals surface area (Å²) in [6.45, 7) is 6.96. The highest BCUT2D eigenvalue weighted by molar-refractivity contribution is 5.75. The Morgan fingerprint density at radius 3 is 2.48 bits per heavy atom. The van der Waals surface area contributed by atoms with Gasteiger partial charge >= 0.3 is 0 Å². The molecule has 0 spiro atoms. The van der Waals surface area contributed by atoms with Crippen LogP contribution in [-0.4, -0.2) is 36.9 Å². The number of rotatable bonds is 11. The third-order valence-electron chi connectivity index (χ3n) is 7.42. The number of carbonyl (C=O) groups excluding carboxylic acids is 1. The van der Waals surface area contributed by atoms with Crippen LogP contribution in [0, 0.1) is 17.8 Å².